The lowest BCUT2D eigenvalue weighted by molar-refractivity contribution is -0.123. The zero-order chi connectivity index (χ0) is 16.1. The van der Waals surface area contributed by atoms with E-state index in [9.17, 15) is 9.59 Å². The largest absolute Gasteiger partial charge is 0.346 e. The molecule has 124 valence electrons. The molecule has 0 unspecified atom stereocenters. The maximum Gasteiger partial charge on any atom is 0.243 e. The summed E-state index contributed by atoms with van der Waals surface area (Å²) in [4.78, 5) is 23.0. The lowest BCUT2D eigenvalue weighted by atomic mass is 10.2. The highest BCUT2D eigenvalue weighted by atomic mass is 35.5. The number of aryl methyl sites for hydroxylation is 2. The van der Waals surface area contributed by atoms with Gasteiger partial charge in [0.2, 0.25) is 11.8 Å². The quantitative estimate of drug-likeness (QED) is 0.755. The van der Waals surface area contributed by atoms with Crippen molar-refractivity contribution >= 4 is 29.9 Å². The van der Waals surface area contributed by atoms with Crippen LogP contribution in [0, 0.1) is 13.8 Å². The van der Waals surface area contributed by atoms with Gasteiger partial charge in [-0.15, -0.1) is 12.4 Å². The summed E-state index contributed by atoms with van der Waals surface area (Å²) in [6, 6.07) is 9.31. The molecule has 0 fully saturated rings. The van der Waals surface area contributed by atoms with Crippen LogP contribution in [0.25, 0.3) is 5.69 Å². The Kier molecular flexibility index (Phi) is 6.74. The van der Waals surface area contributed by atoms with Crippen molar-refractivity contribution in [1.82, 2.24) is 15.1 Å². The minimum absolute atomic E-state index is 0. The zero-order valence-corrected chi connectivity index (χ0v) is 13.8. The van der Waals surface area contributed by atoms with Crippen molar-refractivity contribution in [3.63, 3.8) is 0 Å². The summed E-state index contributed by atoms with van der Waals surface area (Å²) in [7, 11) is 0. The van der Waals surface area contributed by atoms with E-state index in [1.807, 2.05) is 38.1 Å². The first-order chi connectivity index (χ1) is 10.5. The first-order valence-corrected chi connectivity index (χ1v) is 6.90. The average molecular weight is 338 g/mol. The van der Waals surface area contributed by atoms with Gasteiger partial charge in [0.05, 0.1) is 30.2 Å². The summed E-state index contributed by atoms with van der Waals surface area (Å²) in [5.74, 6) is -0.697. The minimum atomic E-state index is -0.373. The molecule has 0 saturated heterocycles. The highest BCUT2D eigenvalue weighted by Crippen LogP contribution is 2.21. The van der Waals surface area contributed by atoms with Crippen LogP contribution in [-0.2, 0) is 9.59 Å². The second-order valence-electron chi connectivity index (χ2n) is 4.89. The predicted molar refractivity (Wildman–Crippen MR) is 91.0 cm³/mol. The van der Waals surface area contributed by atoms with E-state index < -0.39 is 0 Å². The number of halogens is 1. The minimum Gasteiger partial charge on any atom is -0.346 e. The van der Waals surface area contributed by atoms with Crippen molar-refractivity contribution in [1.29, 1.82) is 0 Å². The fraction of sp³-hybridized carbons (Fsp3) is 0.267. The van der Waals surface area contributed by atoms with Crippen LogP contribution in [0.15, 0.2) is 30.3 Å². The Labute approximate surface area is 140 Å². The Morgan fingerprint density at radius 1 is 1.22 bits per heavy atom. The molecular weight excluding hydrogens is 318 g/mol. The number of carbonyl (C=O) groups excluding carboxylic acids is 2. The van der Waals surface area contributed by atoms with E-state index in [0.29, 0.717) is 5.69 Å². The van der Waals surface area contributed by atoms with Gasteiger partial charge in [0.25, 0.3) is 0 Å². The van der Waals surface area contributed by atoms with Gasteiger partial charge < -0.3 is 16.4 Å². The van der Waals surface area contributed by atoms with Crippen LogP contribution in [0.2, 0.25) is 0 Å². The number of nitrogens with zero attached hydrogens (tertiary/aromatic N) is 2. The average Bonchev–Trinajstić information content (AvgIpc) is 2.84. The van der Waals surface area contributed by atoms with E-state index >= 15 is 0 Å². The third-order valence-electron chi connectivity index (χ3n) is 3.05. The summed E-state index contributed by atoms with van der Waals surface area (Å²) in [6.45, 7) is 3.59. The van der Waals surface area contributed by atoms with Gasteiger partial charge in [0.15, 0.2) is 0 Å². The monoisotopic (exact) mass is 337 g/mol. The lowest BCUT2D eigenvalue weighted by Gasteiger charge is -2.12. The van der Waals surface area contributed by atoms with Crippen LogP contribution < -0.4 is 16.4 Å². The molecular formula is C15H20ClN5O2. The molecule has 2 amide bonds. The SMILES string of the molecule is Cc1cc(C)n(-c2ccccc2NC(=O)CNC(=O)CN)n1.Cl. The number of amides is 2. The maximum absolute atomic E-state index is 11.9. The zero-order valence-electron chi connectivity index (χ0n) is 13.0. The maximum atomic E-state index is 11.9. The van der Waals surface area contributed by atoms with E-state index in [4.69, 9.17) is 5.73 Å². The molecule has 7 nitrogen and oxygen atoms in total. The van der Waals surface area contributed by atoms with E-state index in [2.05, 4.69) is 15.7 Å². The molecule has 0 saturated carbocycles. The molecule has 0 aliphatic rings. The second kappa shape index (κ2) is 8.30. The Bertz CT molecular complexity index is 699. The molecule has 1 heterocycles. The van der Waals surface area contributed by atoms with Gasteiger partial charge in [-0.3, -0.25) is 9.59 Å². The first-order valence-electron chi connectivity index (χ1n) is 6.90. The fourth-order valence-electron chi connectivity index (χ4n) is 2.08. The first kappa shape index (κ1) is 18.7. The topological polar surface area (TPSA) is 102 Å². The molecule has 0 spiro atoms. The molecule has 0 aliphatic heterocycles. The predicted octanol–water partition coefficient (Wildman–Crippen LogP) is 0.924. The molecule has 0 atom stereocenters. The number of rotatable bonds is 5. The van der Waals surface area contributed by atoms with Crippen LogP contribution in [0.4, 0.5) is 5.69 Å². The Morgan fingerprint density at radius 3 is 2.52 bits per heavy atom. The number of hydrogen-bond donors (Lipinski definition) is 3. The van der Waals surface area contributed by atoms with Crippen LogP contribution in [-0.4, -0.2) is 34.7 Å². The number of anilines is 1. The van der Waals surface area contributed by atoms with Crippen LogP contribution in [0.1, 0.15) is 11.4 Å². The van der Waals surface area contributed by atoms with E-state index in [0.717, 1.165) is 17.1 Å². The number of carbonyl (C=O) groups is 2. The smallest absolute Gasteiger partial charge is 0.243 e. The van der Waals surface area contributed by atoms with Crippen LogP contribution >= 0.6 is 12.4 Å². The highest BCUT2D eigenvalue weighted by molar-refractivity contribution is 5.96. The molecule has 1 aromatic heterocycles. The summed E-state index contributed by atoms with van der Waals surface area (Å²) in [6.07, 6.45) is 0. The second-order valence-corrected chi connectivity index (χ2v) is 4.89. The fourth-order valence-corrected chi connectivity index (χ4v) is 2.08. The third kappa shape index (κ3) is 4.80. The number of aromatic nitrogens is 2. The van der Waals surface area contributed by atoms with Gasteiger partial charge in [-0.1, -0.05) is 12.1 Å². The van der Waals surface area contributed by atoms with Crippen molar-refractivity contribution in [2.24, 2.45) is 5.73 Å². The standard InChI is InChI=1S/C15H19N5O2.ClH/c1-10-7-11(2)20(19-10)13-6-4-3-5-12(13)18-15(22)9-17-14(21)8-16;/h3-7H,8-9,16H2,1-2H3,(H,17,21)(H,18,22);1H. The van der Waals surface area contributed by atoms with Crippen molar-refractivity contribution in [2.45, 2.75) is 13.8 Å². The van der Waals surface area contributed by atoms with Crippen molar-refractivity contribution < 1.29 is 9.59 Å². The van der Waals surface area contributed by atoms with Gasteiger partial charge in [-0.05, 0) is 32.0 Å². The summed E-state index contributed by atoms with van der Waals surface area (Å²) in [5.41, 5.74) is 8.44. The van der Waals surface area contributed by atoms with Gasteiger partial charge >= 0.3 is 0 Å². The summed E-state index contributed by atoms with van der Waals surface area (Å²) >= 11 is 0. The molecule has 23 heavy (non-hydrogen) atoms. The van der Waals surface area contributed by atoms with Gasteiger partial charge in [0.1, 0.15) is 0 Å². The molecule has 0 radical (unpaired) electrons. The number of hydrogen-bond acceptors (Lipinski definition) is 4. The molecule has 1 aromatic carbocycles. The molecule has 8 heteroatoms. The Morgan fingerprint density at radius 2 is 1.91 bits per heavy atom. The summed E-state index contributed by atoms with van der Waals surface area (Å²) < 4.78 is 1.77. The van der Waals surface area contributed by atoms with E-state index in [-0.39, 0.29) is 37.3 Å². The molecule has 0 aliphatic carbocycles. The Balaban J connectivity index is 0.00000264. The number of nitrogens with two attached hydrogens (primary N) is 1. The van der Waals surface area contributed by atoms with E-state index in [1.54, 1.807) is 10.7 Å². The molecule has 2 rings (SSSR count). The van der Waals surface area contributed by atoms with Crippen LogP contribution in [0.5, 0.6) is 0 Å². The van der Waals surface area contributed by atoms with Crippen molar-refractivity contribution in [2.75, 3.05) is 18.4 Å². The molecule has 4 N–H and O–H groups in total. The molecule has 2 aromatic rings. The molecule has 0 bridgehead atoms. The van der Waals surface area contributed by atoms with Gasteiger partial charge in [-0.25, -0.2) is 4.68 Å². The number of para-hydroxylation sites is 2. The number of benzene rings is 1. The Hall–Kier alpha value is -2.38. The normalized spacial score (nSPS) is 9.87. The highest BCUT2D eigenvalue weighted by Gasteiger charge is 2.11. The lowest BCUT2D eigenvalue weighted by Crippen LogP contribution is -2.36. The third-order valence-corrected chi connectivity index (χ3v) is 3.05. The van der Waals surface area contributed by atoms with Crippen molar-refractivity contribution in [3.05, 3.63) is 41.7 Å². The van der Waals surface area contributed by atoms with E-state index in [1.165, 1.54) is 0 Å². The van der Waals surface area contributed by atoms with Crippen LogP contribution in [0.3, 0.4) is 0 Å². The van der Waals surface area contributed by atoms with Crippen molar-refractivity contribution in [3.8, 4) is 5.69 Å². The summed E-state index contributed by atoms with van der Waals surface area (Å²) in [5, 5.41) is 9.61. The van der Waals surface area contributed by atoms with Gasteiger partial charge in [-0.2, -0.15) is 5.10 Å². The number of nitrogens with one attached hydrogen (secondary N) is 2. The van der Waals surface area contributed by atoms with Gasteiger partial charge in [0, 0.05) is 5.69 Å².